The minimum Gasteiger partial charge on any atom is -0.399 e. The molecule has 0 radical (unpaired) electrons. The summed E-state index contributed by atoms with van der Waals surface area (Å²) in [6.45, 7) is 0.612. The molecule has 0 aliphatic rings. The second kappa shape index (κ2) is 3.74. The van der Waals surface area contributed by atoms with Crippen molar-refractivity contribution in [3.63, 3.8) is 0 Å². The lowest BCUT2D eigenvalue weighted by molar-refractivity contribution is 0.184. The van der Waals surface area contributed by atoms with Crippen molar-refractivity contribution in [1.82, 2.24) is 0 Å². The van der Waals surface area contributed by atoms with Gasteiger partial charge in [-0.05, 0) is 17.7 Å². The van der Waals surface area contributed by atoms with E-state index in [1.807, 2.05) is 18.2 Å². The third-order valence-corrected chi connectivity index (χ3v) is 2.12. The summed E-state index contributed by atoms with van der Waals surface area (Å²) in [4.78, 5) is 0. The number of anilines is 1. The Labute approximate surface area is 74.5 Å². The van der Waals surface area contributed by atoms with Gasteiger partial charge in [0.1, 0.15) is 0 Å². The highest BCUT2D eigenvalue weighted by Crippen LogP contribution is 2.20. The van der Waals surface area contributed by atoms with Crippen molar-refractivity contribution in [1.29, 1.82) is 0 Å². The average Bonchev–Trinajstić information content (AvgIpc) is 1.95. The first-order valence-electron chi connectivity index (χ1n) is 3.27. The fourth-order valence-electron chi connectivity index (χ4n) is 0.836. The van der Waals surface area contributed by atoms with E-state index in [1.54, 1.807) is 7.11 Å². The Bertz CT molecular complexity index is 250. The van der Waals surface area contributed by atoms with Crippen LogP contribution in [0.3, 0.4) is 0 Å². The van der Waals surface area contributed by atoms with E-state index in [0.717, 1.165) is 15.7 Å². The molecule has 0 aliphatic heterocycles. The van der Waals surface area contributed by atoms with E-state index in [1.165, 1.54) is 0 Å². The van der Waals surface area contributed by atoms with Gasteiger partial charge in [0, 0.05) is 17.3 Å². The Balaban J connectivity index is 2.90. The number of hydrogen-bond acceptors (Lipinski definition) is 2. The summed E-state index contributed by atoms with van der Waals surface area (Å²) in [6.07, 6.45) is 0. The second-order valence-electron chi connectivity index (χ2n) is 2.28. The molecule has 0 aliphatic carbocycles. The Kier molecular flexibility index (Phi) is 2.91. The summed E-state index contributed by atoms with van der Waals surface area (Å²) in [5, 5.41) is 0. The molecular weight excluding hydrogens is 206 g/mol. The van der Waals surface area contributed by atoms with E-state index in [9.17, 15) is 0 Å². The van der Waals surface area contributed by atoms with Gasteiger partial charge in [0.15, 0.2) is 0 Å². The average molecular weight is 216 g/mol. The molecule has 0 heterocycles. The molecule has 0 amide bonds. The van der Waals surface area contributed by atoms with Crippen LogP contribution < -0.4 is 5.73 Å². The first kappa shape index (κ1) is 8.56. The molecule has 0 saturated carbocycles. The molecule has 0 bridgehead atoms. The normalized spacial score (nSPS) is 10.0. The summed E-state index contributed by atoms with van der Waals surface area (Å²) in [7, 11) is 1.67. The van der Waals surface area contributed by atoms with E-state index >= 15 is 0 Å². The van der Waals surface area contributed by atoms with Crippen LogP contribution in [-0.4, -0.2) is 7.11 Å². The van der Waals surface area contributed by atoms with Crippen LogP contribution in [-0.2, 0) is 11.3 Å². The van der Waals surface area contributed by atoms with Gasteiger partial charge < -0.3 is 10.5 Å². The van der Waals surface area contributed by atoms with Gasteiger partial charge in [0.05, 0.1) is 6.61 Å². The van der Waals surface area contributed by atoms with Crippen molar-refractivity contribution in [2.24, 2.45) is 0 Å². The smallest absolute Gasteiger partial charge is 0.0724 e. The fraction of sp³-hybridized carbons (Fsp3) is 0.250. The Hall–Kier alpha value is -0.540. The third-order valence-electron chi connectivity index (χ3n) is 1.38. The van der Waals surface area contributed by atoms with Crippen LogP contribution in [0.25, 0.3) is 0 Å². The van der Waals surface area contributed by atoms with Crippen LogP contribution in [0.2, 0.25) is 0 Å². The zero-order valence-corrected chi connectivity index (χ0v) is 7.89. The van der Waals surface area contributed by atoms with Gasteiger partial charge in [-0.1, -0.05) is 22.0 Å². The molecule has 1 rings (SSSR count). The molecule has 1 aromatic carbocycles. The number of hydrogen-bond donors (Lipinski definition) is 1. The quantitative estimate of drug-likeness (QED) is 0.769. The molecule has 1 aromatic rings. The van der Waals surface area contributed by atoms with Crippen molar-refractivity contribution >= 4 is 21.6 Å². The van der Waals surface area contributed by atoms with Crippen LogP contribution in [0, 0.1) is 0 Å². The maximum absolute atomic E-state index is 5.55. The number of benzene rings is 1. The van der Waals surface area contributed by atoms with Crippen LogP contribution >= 0.6 is 15.9 Å². The number of nitrogen functional groups attached to an aromatic ring is 1. The van der Waals surface area contributed by atoms with Crippen molar-refractivity contribution in [3.8, 4) is 0 Å². The number of ether oxygens (including phenoxy) is 1. The van der Waals surface area contributed by atoms with Crippen LogP contribution in [0.1, 0.15) is 5.56 Å². The number of methoxy groups -OCH3 is 1. The molecule has 0 atom stereocenters. The Morgan fingerprint density at radius 1 is 1.55 bits per heavy atom. The van der Waals surface area contributed by atoms with Gasteiger partial charge in [0.2, 0.25) is 0 Å². The molecule has 0 aromatic heterocycles. The molecule has 0 fully saturated rings. The second-order valence-corrected chi connectivity index (χ2v) is 3.14. The standard InChI is InChI=1S/C8H10BrNO/c1-11-5-6-2-3-7(10)4-8(6)9/h2-4H,5,10H2,1H3. The predicted molar refractivity (Wildman–Crippen MR) is 49.3 cm³/mol. The molecule has 2 N–H and O–H groups in total. The largest absolute Gasteiger partial charge is 0.399 e. The van der Waals surface area contributed by atoms with Gasteiger partial charge in [0.25, 0.3) is 0 Å². The lowest BCUT2D eigenvalue weighted by Gasteiger charge is -2.02. The first-order chi connectivity index (χ1) is 5.24. The topological polar surface area (TPSA) is 35.2 Å². The summed E-state index contributed by atoms with van der Waals surface area (Å²) >= 11 is 3.39. The molecule has 2 nitrogen and oxygen atoms in total. The zero-order chi connectivity index (χ0) is 8.27. The number of rotatable bonds is 2. The monoisotopic (exact) mass is 215 g/mol. The molecule has 0 spiro atoms. The van der Waals surface area contributed by atoms with Crippen molar-refractivity contribution in [2.75, 3.05) is 12.8 Å². The van der Waals surface area contributed by atoms with Gasteiger partial charge in [-0.3, -0.25) is 0 Å². The number of halogens is 1. The molecule has 60 valence electrons. The minimum absolute atomic E-state index is 0.612. The highest BCUT2D eigenvalue weighted by molar-refractivity contribution is 9.10. The van der Waals surface area contributed by atoms with E-state index in [4.69, 9.17) is 10.5 Å². The Morgan fingerprint density at radius 3 is 2.82 bits per heavy atom. The van der Waals surface area contributed by atoms with E-state index in [2.05, 4.69) is 15.9 Å². The number of nitrogens with two attached hydrogens (primary N) is 1. The fourth-order valence-corrected chi connectivity index (χ4v) is 1.35. The third kappa shape index (κ3) is 2.20. The summed E-state index contributed by atoms with van der Waals surface area (Å²) in [6, 6.07) is 5.68. The van der Waals surface area contributed by atoms with Gasteiger partial charge in [-0.2, -0.15) is 0 Å². The molecular formula is C8H10BrNO. The van der Waals surface area contributed by atoms with Crippen molar-refractivity contribution in [2.45, 2.75) is 6.61 Å². The van der Waals surface area contributed by atoms with Gasteiger partial charge in [-0.15, -0.1) is 0 Å². The first-order valence-corrected chi connectivity index (χ1v) is 4.06. The van der Waals surface area contributed by atoms with Crippen LogP contribution in [0.15, 0.2) is 22.7 Å². The van der Waals surface area contributed by atoms with Gasteiger partial charge in [-0.25, -0.2) is 0 Å². The maximum Gasteiger partial charge on any atom is 0.0724 e. The Morgan fingerprint density at radius 2 is 2.27 bits per heavy atom. The highest BCUT2D eigenvalue weighted by Gasteiger charge is 1.97. The van der Waals surface area contributed by atoms with E-state index < -0.39 is 0 Å². The SMILES string of the molecule is COCc1ccc(N)cc1Br. The van der Waals surface area contributed by atoms with Crippen LogP contribution in [0.5, 0.6) is 0 Å². The molecule has 0 saturated heterocycles. The summed E-state index contributed by atoms with van der Waals surface area (Å²) in [5.41, 5.74) is 7.43. The zero-order valence-electron chi connectivity index (χ0n) is 6.30. The molecule has 0 unspecified atom stereocenters. The van der Waals surface area contributed by atoms with E-state index in [0.29, 0.717) is 6.61 Å². The minimum atomic E-state index is 0.612. The van der Waals surface area contributed by atoms with Crippen molar-refractivity contribution < 1.29 is 4.74 Å². The highest BCUT2D eigenvalue weighted by atomic mass is 79.9. The van der Waals surface area contributed by atoms with Gasteiger partial charge >= 0.3 is 0 Å². The van der Waals surface area contributed by atoms with E-state index in [-0.39, 0.29) is 0 Å². The summed E-state index contributed by atoms with van der Waals surface area (Å²) < 4.78 is 5.98. The lowest BCUT2D eigenvalue weighted by Crippen LogP contribution is -1.91. The van der Waals surface area contributed by atoms with Crippen molar-refractivity contribution in [3.05, 3.63) is 28.2 Å². The predicted octanol–water partition coefficient (Wildman–Crippen LogP) is 2.18. The molecule has 11 heavy (non-hydrogen) atoms. The molecule has 3 heteroatoms. The van der Waals surface area contributed by atoms with Crippen LogP contribution in [0.4, 0.5) is 5.69 Å². The lowest BCUT2D eigenvalue weighted by atomic mass is 10.2. The maximum atomic E-state index is 5.55. The summed E-state index contributed by atoms with van der Waals surface area (Å²) in [5.74, 6) is 0.